The van der Waals surface area contributed by atoms with Crippen LogP contribution in [0.2, 0.25) is 0 Å². The molecule has 0 fully saturated rings. The Morgan fingerprint density at radius 2 is 0.714 bits per heavy atom. The lowest BCUT2D eigenvalue weighted by molar-refractivity contribution is 0.977. The van der Waals surface area contributed by atoms with Crippen molar-refractivity contribution in [1.29, 1.82) is 5.26 Å². The maximum Gasteiger partial charge on any atom is 0.0462 e. The zero-order valence-corrected chi connectivity index (χ0v) is 11.8. The van der Waals surface area contributed by atoms with Crippen molar-refractivity contribution >= 4 is 0 Å². The Hall–Kier alpha value is -2.85. The molecule has 0 saturated heterocycles. The largest absolute Gasteiger partial charge is 0.202 e. The molecule has 0 bridgehead atoms. The Morgan fingerprint density at radius 1 is 0.476 bits per heavy atom. The summed E-state index contributed by atoms with van der Waals surface area (Å²) in [7, 11) is 0. The Balaban J connectivity index is 0.000000774. The lowest BCUT2D eigenvalue weighted by Crippen LogP contribution is -2.02. The molecule has 0 unspecified atom stereocenters. The van der Waals surface area contributed by atoms with Gasteiger partial charge in [-0.3, -0.25) is 0 Å². The topological polar surface area (TPSA) is 23.8 Å². The van der Waals surface area contributed by atoms with E-state index in [1.165, 1.54) is 16.7 Å². The molecule has 3 rings (SSSR count). The average Bonchev–Trinajstić information content (AvgIpc) is 2.60. The second-order valence-electron chi connectivity index (χ2n) is 4.67. The van der Waals surface area contributed by atoms with E-state index in [0.29, 0.717) is 5.92 Å². The molecule has 0 radical (unpaired) electrons. The molecule has 0 amide bonds. The van der Waals surface area contributed by atoms with Gasteiger partial charge in [0.2, 0.25) is 0 Å². The van der Waals surface area contributed by atoms with Gasteiger partial charge in [0, 0.05) is 12.5 Å². The van der Waals surface area contributed by atoms with E-state index in [1.807, 2.05) is 0 Å². The van der Waals surface area contributed by atoms with Gasteiger partial charge in [0.15, 0.2) is 0 Å². The van der Waals surface area contributed by atoms with Crippen molar-refractivity contribution in [3.63, 3.8) is 0 Å². The molecule has 0 aliphatic carbocycles. The molecule has 0 aromatic heterocycles. The molecule has 102 valence electrons. The lowest BCUT2D eigenvalue weighted by Gasteiger charge is -2.18. The monoisotopic (exact) mass is 271 g/mol. The van der Waals surface area contributed by atoms with Gasteiger partial charge in [-0.25, -0.2) is 5.26 Å². The fraction of sp³-hybridized carbons (Fsp3) is 0.0500. The molecule has 0 aliphatic rings. The smallest absolute Gasteiger partial charge is 0.0462 e. The van der Waals surface area contributed by atoms with E-state index in [2.05, 4.69) is 97.6 Å². The first kappa shape index (κ1) is 14.6. The van der Waals surface area contributed by atoms with Gasteiger partial charge < -0.3 is 0 Å². The minimum absolute atomic E-state index is 0.309. The summed E-state index contributed by atoms with van der Waals surface area (Å²) < 4.78 is 0. The molecule has 0 heterocycles. The first-order valence-corrected chi connectivity index (χ1v) is 6.86. The number of nitrogens with zero attached hydrogens (tertiary/aromatic N) is 1. The molecule has 0 N–H and O–H groups in total. The summed E-state index contributed by atoms with van der Waals surface area (Å²) in [6.07, 6.45) is 0. The third-order valence-corrected chi connectivity index (χ3v) is 3.40. The summed E-state index contributed by atoms with van der Waals surface area (Å²) in [4.78, 5) is 0. The molecule has 0 spiro atoms. The van der Waals surface area contributed by atoms with Gasteiger partial charge >= 0.3 is 0 Å². The molecule has 0 saturated carbocycles. The summed E-state index contributed by atoms with van der Waals surface area (Å²) in [5.74, 6) is 0.309. The normalized spacial score (nSPS) is 9.67. The summed E-state index contributed by atoms with van der Waals surface area (Å²) in [5, 5.41) is 6.50. The number of hydrogen-bond donors (Lipinski definition) is 0. The van der Waals surface area contributed by atoms with Crippen molar-refractivity contribution < 1.29 is 0 Å². The highest BCUT2D eigenvalue weighted by atomic mass is 14.2. The number of hydrogen-bond acceptors (Lipinski definition) is 1. The minimum atomic E-state index is 0.309. The fourth-order valence-corrected chi connectivity index (χ4v) is 2.51. The van der Waals surface area contributed by atoms with E-state index in [4.69, 9.17) is 5.26 Å². The maximum absolute atomic E-state index is 6.50. The standard InChI is InChI=1S/C19H16.CHN/c1-4-10-16(11-5-1)19(17-12-6-2-7-13-17)18-14-8-3-9-15-18;1-2/h1-15,19H;1H. The molecular weight excluding hydrogens is 254 g/mol. The second kappa shape index (κ2) is 7.67. The molecule has 3 aromatic rings. The third-order valence-electron chi connectivity index (χ3n) is 3.40. The van der Waals surface area contributed by atoms with Crippen LogP contribution in [0, 0.1) is 11.8 Å². The quantitative estimate of drug-likeness (QED) is 0.614. The van der Waals surface area contributed by atoms with Gasteiger partial charge in [-0.05, 0) is 16.7 Å². The van der Waals surface area contributed by atoms with E-state index >= 15 is 0 Å². The summed E-state index contributed by atoms with van der Waals surface area (Å²) in [5.41, 5.74) is 4.00. The van der Waals surface area contributed by atoms with Crippen molar-refractivity contribution in [1.82, 2.24) is 0 Å². The minimum Gasteiger partial charge on any atom is -0.202 e. The average molecular weight is 271 g/mol. The van der Waals surface area contributed by atoms with Crippen LogP contribution in [0.4, 0.5) is 0 Å². The van der Waals surface area contributed by atoms with Crippen molar-refractivity contribution in [2.24, 2.45) is 0 Å². The van der Waals surface area contributed by atoms with Crippen LogP contribution in [0.3, 0.4) is 0 Å². The van der Waals surface area contributed by atoms with Gasteiger partial charge in [0.25, 0.3) is 0 Å². The summed E-state index contributed by atoms with van der Waals surface area (Å²) in [6.45, 7) is 3.50. The van der Waals surface area contributed by atoms with E-state index in [-0.39, 0.29) is 0 Å². The van der Waals surface area contributed by atoms with Crippen molar-refractivity contribution in [3.8, 4) is 6.57 Å². The molecule has 0 atom stereocenters. The van der Waals surface area contributed by atoms with E-state index in [9.17, 15) is 0 Å². The number of nitriles is 1. The maximum atomic E-state index is 6.50. The SMILES string of the molecule is C#N.c1ccc(C(c2ccccc2)c2ccccc2)cc1. The Bertz CT molecular complexity index is 563. The van der Waals surface area contributed by atoms with Crippen molar-refractivity contribution in [3.05, 3.63) is 108 Å². The Morgan fingerprint density at radius 3 is 0.952 bits per heavy atom. The third kappa shape index (κ3) is 3.58. The van der Waals surface area contributed by atoms with Gasteiger partial charge in [-0.15, -0.1) is 0 Å². The molecule has 3 aromatic carbocycles. The Labute approximate surface area is 126 Å². The van der Waals surface area contributed by atoms with Gasteiger partial charge in [-0.1, -0.05) is 91.0 Å². The predicted molar refractivity (Wildman–Crippen MR) is 86.9 cm³/mol. The van der Waals surface area contributed by atoms with Crippen LogP contribution in [0.5, 0.6) is 0 Å². The molecule has 1 heteroatoms. The van der Waals surface area contributed by atoms with Crippen LogP contribution < -0.4 is 0 Å². The van der Waals surface area contributed by atoms with Crippen LogP contribution >= 0.6 is 0 Å². The predicted octanol–water partition coefficient (Wildman–Crippen LogP) is 5.01. The Kier molecular flexibility index (Phi) is 5.32. The zero-order chi connectivity index (χ0) is 14.9. The fourth-order valence-electron chi connectivity index (χ4n) is 2.51. The second-order valence-corrected chi connectivity index (χ2v) is 4.67. The molecule has 0 aliphatic heterocycles. The first-order chi connectivity index (χ1) is 10.4. The lowest BCUT2D eigenvalue weighted by atomic mass is 9.85. The zero-order valence-electron chi connectivity index (χ0n) is 11.8. The van der Waals surface area contributed by atoms with Crippen LogP contribution in [0.1, 0.15) is 22.6 Å². The number of benzene rings is 3. The van der Waals surface area contributed by atoms with E-state index in [1.54, 1.807) is 0 Å². The van der Waals surface area contributed by atoms with Crippen LogP contribution in [-0.2, 0) is 0 Å². The van der Waals surface area contributed by atoms with Crippen LogP contribution in [0.15, 0.2) is 91.0 Å². The van der Waals surface area contributed by atoms with Gasteiger partial charge in [-0.2, -0.15) is 0 Å². The van der Waals surface area contributed by atoms with Gasteiger partial charge in [0.05, 0.1) is 0 Å². The highest BCUT2D eigenvalue weighted by Gasteiger charge is 2.15. The van der Waals surface area contributed by atoms with Crippen LogP contribution in [0.25, 0.3) is 0 Å². The highest BCUT2D eigenvalue weighted by Crippen LogP contribution is 2.31. The summed E-state index contributed by atoms with van der Waals surface area (Å²) in [6, 6.07) is 32.0. The molecular formula is C20H17N. The molecule has 1 nitrogen and oxygen atoms in total. The van der Waals surface area contributed by atoms with Gasteiger partial charge in [0.1, 0.15) is 0 Å². The van der Waals surface area contributed by atoms with Crippen molar-refractivity contribution in [2.75, 3.05) is 0 Å². The first-order valence-electron chi connectivity index (χ1n) is 6.86. The van der Waals surface area contributed by atoms with Crippen LogP contribution in [-0.4, -0.2) is 0 Å². The highest BCUT2D eigenvalue weighted by molar-refractivity contribution is 5.42. The van der Waals surface area contributed by atoms with E-state index < -0.39 is 0 Å². The molecule has 21 heavy (non-hydrogen) atoms. The number of rotatable bonds is 3. The van der Waals surface area contributed by atoms with E-state index in [0.717, 1.165) is 0 Å². The van der Waals surface area contributed by atoms with Crippen molar-refractivity contribution in [2.45, 2.75) is 5.92 Å². The summed E-state index contributed by atoms with van der Waals surface area (Å²) >= 11 is 0.